The Hall–Kier alpha value is -0.990. The SMILES string of the molecule is O=C(Nc1nc2c(Br)cccc2s1)c1ccccc1I. The molecule has 0 radical (unpaired) electrons. The van der Waals surface area contributed by atoms with Crippen LogP contribution >= 0.6 is 49.9 Å². The van der Waals surface area contributed by atoms with Gasteiger partial charge in [0, 0.05) is 8.04 Å². The van der Waals surface area contributed by atoms with E-state index in [1.54, 1.807) is 6.07 Å². The number of thiazole rings is 1. The minimum absolute atomic E-state index is 0.134. The van der Waals surface area contributed by atoms with Crippen molar-refractivity contribution < 1.29 is 4.79 Å². The smallest absolute Gasteiger partial charge is 0.258 e. The van der Waals surface area contributed by atoms with E-state index in [4.69, 9.17) is 0 Å². The molecule has 100 valence electrons. The highest BCUT2D eigenvalue weighted by Gasteiger charge is 2.13. The van der Waals surface area contributed by atoms with E-state index in [1.807, 2.05) is 36.4 Å². The quantitative estimate of drug-likeness (QED) is 0.554. The van der Waals surface area contributed by atoms with Crippen molar-refractivity contribution in [3.8, 4) is 0 Å². The summed E-state index contributed by atoms with van der Waals surface area (Å²) in [7, 11) is 0. The molecule has 0 fully saturated rings. The molecule has 0 atom stereocenters. The van der Waals surface area contributed by atoms with Gasteiger partial charge in [0.25, 0.3) is 5.91 Å². The highest BCUT2D eigenvalue weighted by atomic mass is 127. The molecule has 0 bridgehead atoms. The molecule has 0 unspecified atom stereocenters. The van der Waals surface area contributed by atoms with Gasteiger partial charge in [-0.15, -0.1) is 0 Å². The summed E-state index contributed by atoms with van der Waals surface area (Å²) in [6.45, 7) is 0. The first-order valence-corrected chi connectivity index (χ1v) is 8.45. The van der Waals surface area contributed by atoms with Crippen LogP contribution in [0.1, 0.15) is 10.4 Å². The normalized spacial score (nSPS) is 10.7. The van der Waals surface area contributed by atoms with E-state index in [0.717, 1.165) is 18.3 Å². The number of hydrogen-bond donors (Lipinski definition) is 1. The maximum Gasteiger partial charge on any atom is 0.258 e. The lowest BCUT2D eigenvalue weighted by atomic mass is 10.2. The molecule has 6 heteroatoms. The Morgan fingerprint density at radius 1 is 1.20 bits per heavy atom. The van der Waals surface area contributed by atoms with Crippen LogP contribution in [-0.2, 0) is 0 Å². The number of anilines is 1. The fraction of sp³-hybridized carbons (Fsp3) is 0. The number of aromatic nitrogens is 1. The molecule has 0 aliphatic rings. The second-order valence-corrected chi connectivity index (χ2v) is 7.09. The number of nitrogens with zero attached hydrogens (tertiary/aromatic N) is 1. The van der Waals surface area contributed by atoms with Gasteiger partial charge in [0.15, 0.2) is 5.13 Å². The standard InChI is InChI=1S/C14H8BrIN2OS/c15-9-5-3-7-11-12(9)17-14(20-11)18-13(19)8-4-1-2-6-10(8)16/h1-7H,(H,17,18,19). The Bertz CT molecular complexity index is 803. The summed E-state index contributed by atoms with van der Waals surface area (Å²) < 4.78 is 2.89. The van der Waals surface area contributed by atoms with Crippen LogP contribution < -0.4 is 5.32 Å². The Balaban J connectivity index is 1.92. The van der Waals surface area contributed by atoms with Crippen molar-refractivity contribution in [3.63, 3.8) is 0 Å². The van der Waals surface area contributed by atoms with E-state index >= 15 is 0 Å². The Morgan fingerprint density at radius 2 is 2.00 bits per heavy atom. The van der Waals surface area contributed by atoms with Crippen molar-refractivity contribution >= 4 is 71.1 Å². The number of halogens is 2. The predicted octanol–water partition coefficient (Wildman–Crippen LogP) is 4.92. The van der Waals surface area contributed by atoms with E-state index in [2.05, 4.69) is 48.8 Å². The zero-order chi connectivity index (χ0) is 14.1. The third-order valence-electron chi connectivity index (χ3n) is 2.71. The summed E-state index contributed by atoms with van der Waals surface area (Å²) in [5, 5.41) is 3.47. The number of hydrogen-bond acceptors (Lipinski definition) is 3. The van der Waals surface area contributed by atoms with Crippen molar-refractivity contribution in [2.75, 3.05) is 5.32 Å². The summed E-state index contributed by atoms with van der Waals surface area (Å²) >= 11 is 7.08. The lowest BCUT2D eigenvalue weighted by molar-refractivity contribution is 0.102. The van der Waals surface area contributed by atoms with Crippen LogP contribution in [0.25, 0.3) is 10.2 Å². The lowest BCUT2D eigenvalue weighted by Gasteiger charge is -2.03. The molecule has 3 nitrogen and oxygen atoms in total. The van der Waals surface area contributed by atoms with Gasteiger partial charge >= 0.3 is 0 Å². The highest BCUT2D eigenvalue weighted by molar-refractivity contribution is 14.1. The van der Waals surface area contributed by atoms with E-state index in [9.17, 15) is 4.79 Å². The molecule has 0 saturated carbocycles. The van der Waals surface area contributed by atoms with Gasteiger partial charge in [-0.3, -0.25) is 10.1 Å². The van der Waals surface area contributed by atoms with Crippen LogP contribution in [0, 0.1) is 3.57 Å². The zero-order valence-electron chi connectivity index (χ0n) is 10.1. The number of nitrogens with one attached hydrogen (secondary N) is 1. The van der Waals surface area contributed by atoms with Crippen LogP contribution in [-0.4, -0.2) is 10.9 Å². The largest absolute Gasteiger partial charge is 0.298 e. The van der Waals surface area contributed by atoms with Gasteiger partial charge in [0.1, 0.15) is 0 Å². The summed E-state index contributed by atoms with van der Waals surface area (Å²) in [5.41, 5.74) is 1.53. The molecule has 2 aromatic carbocycles. The van der Waals surface area contributed by atoms with Gasteiger partial charge in [0.05, 0.1) is 15.8 Å². The second kappa shape index (κ2) is 5.79. The lowest BCUT2D eigenvalue weighted by Crippen LogP contribution is -2.12. The summed E-state index contributed by atoms with van der Waals surface area (Å²) in [4.78, 5) is 16.7. The highest BCUT2D eigenvalue weighted by Crippen LogP contribution is 2.31. The molecule has 0 aliphatic heterocycles. The van der Waals surface area contributed by atoms with Crippen LogP contribution in [0.4, 0.5) is 5.13 Å². The zero-order valence-corrected chi connectivity index (χ0v) is 14.6. The van der Waals surface area contributed by atoms with Crippen molar-refractivity contribution in [1.29, 1.82) is 0 Å². The first-order chi connectivity index (χ1) is 9.65. The van der Waals surface area contributed by atoms with Crippen LogP contribution in [0.3, 0.4) is 0 Å². The number of para-hydroxylation sites is 1. The van der Waals surface area contributed by atoms with E-state index < -0.39 is 0 Å². The molecule has 3 aromatic rings. The molecule has 20 heavy (non-hydrogen) atoms. The van der Waals surface area contributed by atoms with Gasteiger partial charge in [-0.05, 0) is 62.8 Å². The maximum atomic E-state index is 12.2. The molecule has 1 aromatic heterocycles. The first-order valence-electron chi connectivity index (χ1n) is 5.76. The summed E-state index contributed by atoms with van der Waals surface area (Å²) in [6.07, 6.45) is 0. The monoisotopic (exact) mass is 458 g/mol. The molecule has 1 heterocycles. The number of fused-ring (bicyclic) bond motifs is 1. The van der Waals surface area contributed by atoms with Gasteiger partial charge in [-0.25, -0.2) is 4.98 Å². The Kier molecular flexibility index (Phi) is 4.04. The van der Waals surface area contributed by atoms with Crippen molar-refractivity contribution in [1.82, 2.24) is 4.98 Å². The molecule has 3 rings (SSSR count). The second-order valence-electron chi connectivity index (χ2n) is 4.04. The minimum Gasteiger partial charge on any atom is -0.298 e. The van der Waals surface area contributed by atoms with Gasteiger partial charge in [-0.2, -0.15) is 0 Å². The molecule has 0 spiro atoms. The third kappa shape index (κ3) is 2.72. The third-order valence-corrected chi connectivity index (χ3v) is 5.23. The molecule has 0 saturated heterocycles. The van der Waals surface area contributed by atoms with Crippen molar-refractivity contribution in [2.45, 2.75) is 0 Å². The van der Waals surface area contributed by atoms with Crippen LogP contribution in [0.15, 0.2) is 46.9 Å². The summed E-state index contributed by atoms with van der Waals surface area (Å²) in [6, 6.07) is 13.4. The predicted molar refractivity (Wildman–Crippen MR) is 94.4 cm³/mol. The Morgan fingerprint density at radius 3 is 2.75 bits per heavy atom. The molecular formula is C14H8BrIN2OS. The van der Waals surface area contributed by atoms with Crippen molar-refractivity contribution in [2.24, 2.45) is 0 Å². The number of carbonyl (C=O) groups excluding carboxylic acids is 1. The Labute approximate surface area is 141 Å². The van der Waals surface area contributed by atoms with Crippen molar-refractivity contribution in [3.05, 3.63) is 56.1 Å². The van der Waals surface area contributed by atoms with Crippen LogP contribution in [0.2, 0.25) is 0 Å². The molecule has 1 amide bonds. The average Bonchev–Trinajstić information content (AvgIpc) is 2.83. The number of amides is 1. The summed E-state index contributed by atoms with van der Waals surface area (Å²) in [5.74, 6) is -0.134. The maximum absolute atomic E-state index is 12.2. The molecular weight excluding hydrogens is 451 g/mol. The van der Waals surface area contributed by atoms with E-state index in [-0.39, 0.29) is 5.91 Å². The average molecular weight is 459 g/mol. The molecule has 1 N–H and O–H groups in total. The van der Waals surface area contributed by atoms with E-state index in [1.165, 1.54) is 11.3 Å². The van der Waals surface area contributed by atoms with Crippen LogP contribution in [0.5, 0.6) is 0 Å². The number of benzene rings is 2. The minimum atomic E-state index is -0.134. The molecule has 0 aliphatic carbocycles. The number of rotatable bonds is 2. The first kappa shape index (κ1) is 14.0. The van der Waals surface area contributed by atoms with Gasteiger partial charge in [-0.1, -0.05) is 29.5 Å². The fourth-order valence-corrected chi connectivity index (χ4v) is 3.88. The fourth-order valence-electron chi connectivity index (χ4n) is 1.78. The number of carbonyl (C=O) groups is 1. The van der Waals surface area contributed by atoms with Gasteiger partial charge < -0.3 is 0 Å². The van der Waals surface area contributed by atoms with Gasteiger partial charge in [0.2, 0.25) is 0 Å². The topological polar surface area (TPSA) is 42.0 Å². The van der Waals surface area contributed by atoms with E-state index in [0.29, 0.717) is 10.7 Å².